The van der Waals surface area contributed by atoms with E-state index in [0.29, 0.717) is 23.7 Å². The first-order valence-electron chi connectivity index (χ1n) is 6.08. The largest absolute Gasteiger partial charge is 0.465 e. The third-order valence-electron chi connectivity index (χ3n) is 2.81. The molecule has 2 aromatic rings. The molecule has 0 aliphatic rings. The van der Waals surface area contributed by atoms with Gasteiger partial charge < -0.3 is 4.42 Å². The number of rotatable bonds is 5. The molecule has 0 spiro atoms. The number of hydrogen-bond donors (Lipinski definition) is 0. The Bertz CT molecular complexity index is 577. The summed E-state index contributed by atoms with van der Waals surface area (Å²) in [5.74, 6) is 1.74. The SMILES string of the molecule is Cc1ccc(CN(C)CC(=O)c2ccccc2Cl)o1. The normalized spacial score (nSPS) is 10.9. The predicted octanol–water partition coefficient (Wildman–Crippen LogP) is 3.56. The summed E-state index contributed by atoms with van der Waals surface area (Å²) < 4.78 is 5.49. The van der Waals surface area contributed by atoms with Crippen LogP contribution in [-0.4, -0.2) is 24.3 Å². The molecule has 0 fully saturated rings. The van der Waals surface area contributed by atoms with Crippen molar-refractivity contribution >= 4 is 17.4 Å². The van der Waals surface area contributed by atoms with Gasteiger partial charge in [0.05, 0.1) is 18.1 Å². The highest BCUT2D eigenvalue weighted by Gasteiger charge is 2.13. The number of nitrogens with zero attached hydrogens (tertiary/aromatic N) is 1. The van der Waals surface area contributed by atoms with Gasteiger partial charge >= 0.3 is 0 Å². The molecule has 0 bridgehead atoms. The number of furan rings is 1. The van der Waals surface area contributed by atoms with Crippen molar-refractivity contribution in [2.75, 3.05) is 13.6 Å². The Kier molecular flexibility index (Phi) is 4.40. The average Bonchev–Trinajstić information content (AvgIpc) is 2.74. The molecule has 0 unspecified atom stereocenters. The van der Waals surface area contributed by atoms with Crippen LogP contribution >= 0.6 is 11.6 Å². The summed E-state index contributed by atoms with van der Waals surface area (Å²) >= 11 is 6.01. The van der Waals surface area contributed by atoms with Crippen molar-refractivity contribution in [1.82, 2.24) is 4.90 Å². The minimum Gasteiger partial charge on any atom is -0.465 e. The van der Waals surface area contributed by atoms with E-state index in [0.717, 1.165) is 11.5 Å². The number of hydrogen-bond acceptors (Lipinski definition) is 3. The lowest BCUT2D eigenvalue weighted by molar-refractivity contribution is 0.0939. The van der Waals surface area contributed by atoms with E-state index in [4.69, 9.17) is 16.0 Å². The predicted molar refractivity (Wildman–Crippen MR) is 75.6 cm³/mol. The lowest BCUT2D eigenvalue weighted by Crippen LogP contribution is -2.25. The van der Waals surface area contributed by atoms with Crippen LogP contribution in [0, 0.1) is 6.92 Å². The van der Waals surface area contributed by atoms with Crippen molar-refractivity contribution in [2.45, 2.75) is 13.5 Å². The van der Waals surface area contributed by atoms with Crippen LogP contribution in [0.15, 0.2) is 40.8 Å². The molecule has 0 amide bonds. The zero-order valence-corrected chi connectivity index (χ0v) is 11.8. The molecule has 3 nitrogen and oxygen atoms in total. The molecule has 0 saturated carbocycles. The molecular formula is C15H16ClNO2. The zero-order chi connectivity index (χ0) is 13.8. The summed E-state index contributed by atoms with van der Waals surface area (Å²) in [5.41, 5.74) is 0.562. The van der Waals surface area contributed by atoms with Gasteiger partial charge in [0.1, 0.15) is 11.5 Å². The number of carbonyl (C=O) groups excluding carboxylic acids is 1. The Morgan fingerprint density at radius 2 is 2.00 bits per heavy atom. The number of benzene rings is 1. The quantitative estimate of drug-likeness (QED) is 0.784. The van der Waals surface area contributed by atoms with Gasteiger partial charge in [-0.1, -0.05) is 23.7 Å². The maximum absolute atomic E-state index is 12.1. The van der Waals surface area contributed by atoms with Gasteiger partial charge in [0.2, 0.25) is 0 Å². The van der Waals surface area contributed by atoms with Crippen molar-refractivity contribution in [3.8, 4) is 0 Å². The monoisotopic (exact) mass is 277 g/mol. The van der Waals surface area contributed by atoms with Gasteiger partial charge in [-0.2, -0.15) is 0 Å². The van der Waals surface area contributed by atoms with Gasteiger partial charge in [-0.05, 0) is 38.2 Å². The molecule has 0 radical (unpaired) electrons. The fourth-order valence-corrected chi connectivity index (χ4v) is 2.15. The van der Waals surface area contributed by atoms with Crippen LogP contribution in [-0.2, 0) is 6.54 Å². The second-order valence-electron chi connectivity index (χ2n) is 4.59. The van der Waals surface area contributed by atoms with E-state index in [1.165, 1.54) is 0 Å². The van der Waals surface area contributed by atoms with E-state index >= 15 is 0 Å². The van der Waals surface area contributed by atoms with Crippen LogP contribution in [0.2, 0.25) is 5.02 Å². The minimum absolute atomic E-state index is 0.0105. The molecule has 0 aliphatic heterocycles. The number of ketones is 1. The Hall–Kier alpha value is -1.58. The van der Waals surface area contributed by atoms with Crippen molar-refractivity contribution < 1.29 is 9.21 Å². The van der Waals surface area contributed by atoms with E-state index in [1.54, 1.807) is 12.1 Å². The van der Waals surface area contributed by atoms with Crippen LogP contribution in [0.5, 0.6) is 0 Å². The average molecular weight is 278 g/mol. The van der Waals surface area contributed by atoms with Crippen molar-refractivity contribution in [1.29, 1.82) is 0 Å². The van der Waals surface area contributed by atoms with Crippen LogP contribution < -0.4 is 0 Å². The van der Waals surface area contributed by atoms with E-state index in [-0.39, 0.29) is 5.78 Å². The lowest BCUT2D eigenvalue weighted by Gasteiger charge is -2.14. The third-order valence-corrected chi connectivity index (χ3v) is 3.14. The Morgan fingerprint density at radius 3 is 2.63 bits per heavy atom. The van der Waals surface area contributed by atoms with E-state index in [1.807, 2.05) is 43.1 Å². The number of halogens is 1. The van der Waals surface area contributed by atoms with Crippen LogP contribution in [0.4, 0.5) is 0 Å². The Labute approximate surface area is 117 Å². The summed E-state index contributed by atoms with van der Waals surface area (Å²) in [4.78, 5) is 14.0. The topological polar surface area (TPSA) is 33.5 Å². The molecule has 19 heavy (non-hydrogen) atoms. The molecule has 1 aromatic heterocycles. The molecule has 0 aliphatic carbocycles. The van der Waals surface area contributed by atoms with Gasteiger partial charge in [0.15, 0.2) is 5.78 Å². The maximum atomic E-state index is 12.1. The smallest absolute Gasteiger partial charge is 0.178 e. The van der Waals surface area contributed by atoms with E-state index < -0.39 is 0 Å². The summed E-state index contributed by atoms with van der Waals surface area (Å²) in [6, 6.07) is 10.9. The first-order chi connectivity index (χ1) is 9.06. The summed E-state index contributed by atoms with van der Waals surface area (Å²) in [6.45, 7) is 2.81. The number of aryl methyl sites for hydroxylation is 1. The zero-order valence-electron chi connectivity index (χ0n) is 11.0. The van der Waals surface area contributed by atoms with Gasteiger partial charge in [-0.3, -0.25) is 9.69 Å². The highest BCUT2D eigenvalue weighted by molar-refractivity contribution is 6.34. The molecule has 1 aromatic carbocycles. The minimum atomic E-state index is 0.0105. The number of Topliss-reactive ketones (excluding diaryl/α,β-unsaturated/α-hetero) is 1. The second kappa shape index (κ2) is 6.04. The molecule has 100 valence electrons. The molecule has 0 atom stereocenters. The fourth-order valence-electron chi connectivity index (χ4n) is 1.91. The van der Waals surface area contributed by atoms with Gasteiger partial charge in [0, 0.05) is 5.56 Å². The highest BCUT2D eigenvalue weighted by Crippen LogP contribution is 2.16. The second-order valence-corrected chi connectivity index (χ2v) is 4.99. The fraction of sp³-hybridized carbons (Fsp3) is 0.267. The number of likely N-dealkylation sites (N-methyl/N-ethyl adjacent to an activating group) is 1. The van der Waals surface area contributed by atoms with Gasteiger partial charge in [-0.15, -0.1) is 0 Å². The number of carbonyl (C=O) groups is 1. The molecule has 4 heteroatoms. The Morgan fingerprint density at radius 1 is 1.26 bits per heavy atom. The standard InChI is InChI=1S/C15H16ClNO2/c1-11-7-8-12(19-11)9-17(2)10-15(18)13-5-3-4-6-14(13)16/h3-8H,9-10H2,1-2H3. The van der Waals surface area contributed by atoms with E-state index in [2.05, 4.69) is 0 Å². The van der Waals surface area contributed by atoms with Crippen LogP contribution in [0.3, 0.4) is 0 Å². The summed E-state index contributed by atoms with van der Waals surface area (Å²) in [5, 5.41) is 0.495. The molecule has 2 rings (SSSR count). The third kappa shape index (κ3) is 3.69. The van der Waals surface area contributed by atoms with E-state index in [9.17, 15) is 4.79 Å². The van der Waals surface area contributed by atoms with Crippen molar-refractivity contribution in [2.24, 2.45) is 0 Å². The highest BCUT2D eigenvalue weighted by atomic mass is 35.5. The van der Waals surface area contributed by atoms with Crippen molar-refractivity contribution in [3.63, 3.8) is 0 Å². The molecule has 0 N–H and O–H groups in total. The molecule has 0 saturated heterocycles. The Balaban J connectivity index is 1.97. The molecule has 1 heterocycles. The van der Waals surface area contributed by atoms with Crippen molar-refractivity contribution in [3.05, 3.63) is 58.5 Å². The van der Waals surface area contributed by atoms with Gasteiger partial charge in [-0.25, -0.2) is 0 Å². The summed E-state index contributed by atoms with van der Waals surface area (Å²) in [7, 11) is 1.88. The lowest BCUT2D eigenvalue weighted by atomic mass is 10.1. The maximum Gasteiger partial charge on any atom is 0.178 e. The molecular weight excluding hydrogens is 262 g/mol. The van der Waals surface area contributed by atoms with Crippen LogP contribution in [0.1, 0.15) is 21.9 Å². The summed E-state index contributed by atoms with van der Waals surface area (Å²) in [6.07, 6.45) is 0. The van der Waals surface area contributed by atoms with Gasteiger partial charge in [0.25, 0.3) is 0 Å². The van der Waals surface area contributed by atoms with Crippen LogP contribution in [0.25, 0.3) is 0 Å². The first kappa shape index (κ1) is 13.8. The first-order valence-corrected chi connectivity index (χ1v) is 6.45.